The van der Waals surface area contributed by atoms with Gasteiger partial charge in [-0.2, -0.15) is 0 Å². The highest BCUT2D eigenvalue weighted by Gasteiger charge is 2.90. The third-order valence-corrected chi connectivity index (χ3v) is 11.5. The van der Waals surface area contributed by atoms with Crippen LogP contribution in [0.3, 0.4) is 0 Å². The Hall–Kier alpha value is -3.76. The van der Waals surface area contributed by atoms with Crippen molar-refractivity contribution in [2.45, 2.75) is 55.4 Å². The second kappa shape index (κ2) is 9.89. The fourth-order valence-corrected chi connectivity index (χ4v) is 10.5. The summed E-state index contributed by atoms with van der Waals surface area (Å²) >= 11 is 0. The van der Waals surface area contributed by atoms with Crippen molar-refractivity contribution < 1.29 is 39.6 Å². The number of carboxylic acids is 2. The van der Waals surface area contributed by atoms with Gasteiger partial charge < -0.3 is 31.1 Å². The monoisotopic (exact) mass is 588 g/mol. The standard InChI is InChI=1S/C33H36N2O8/c36-22(34-20(30(38)39)11-16-7-3-1-4-8-16)14-32(42)26-18-13-19-25-24(18)28(32)29(25)33(43,27(19)26)15-23(37)35-21(31(40)41)12-17-9-5-2-6-10-17/h1-10,18-21,24-29,42-43H,11-15H2,(H,34,36)(H,35,37)(H,38,39)(H,40,41)/t18-,19+,20-,21-,24-,25+,26+,27-,28-,29+,32-,33+/m0/s1. The fourth-order valence-electron chi connectivity index (χ4n) is 10.5. The summed E-state index contributed by atoms with van der Waals surface area (Å²) in [4.78, 5) is 50.4. The number of carbonyl (C=O) groups is 4. The van der Waals surface area contributed by atoms with Gasteiger partial charge in [-0.1, -0.05) is 60.7 Å². The lowest BCUT2D eigenvalue weighted by Crippen LogP contribution is -2.66. The van der Waals surface area contributed by atoms with Gasteiger partial charge in [0.25, 0.3) is 0 Å². The summed E-state index contributed by atoms with van der Waals surface area (Å²) in [5, 5.41) is 49.0. The van der Waals surface area contributed by atoms with Crippen LogP contribution >= 0.6 is 0 Å². The third-order valence-electron chi connectivity index (χ3n) is 11.5. The number of amides is 2. The molecule has 0 aliphatic heterocycles. The molecular formula is C33H36N2O8. The zero-order chi connectivity index (χ0) is 30.3. The number of carboxylic acid groups (broad SMARTS) is 2. The number of hydrogen-bond acceptors (Lipinski definition) is 6. The van der Waals surface area contributed by atoms with Gasteiger partial charge in [0.1, 0.15) is 12.1 Å². The molecule has 2 bridgehead atoms. The highest BCUT2D eigenvalue weighted by Crippen LogP contribution is 2.88. The van der Waals surface area contributed by atoms with Gasteiger partial charge in [-0.25, -0.2) is 9.59 Å². The first-order valence-electron chi connectivity index (χ1n) is 15.1. The minimum atomic E-state index is -1.38. The molecule has 10 heteroatoms. The van der Waals surface area contributed by atoms with E-state index in [4.69, 9.17) is 0 Å². The Morgan fingerprint density at radius 2 is 1.02 bits per heavy atom. The van der Waals surface area contributed by atoms with E-state index in [2.05, 4.69) is 10.6 Å². The SMILES string of the molecule is O=C(C[C@]1(O)[C@@H]2[C@@H]3[C@H]4C[C@H]5[C@@H]3[C@@H]2[C@](O)(CC(=O)N[C@@H](Cc2ccccc2)C(=O)O)[C@H]5[C@H]41)N[C@@H](Cc1ccccc1)C(=O)O. The molecule has 0 saturated heterocycles. The lowest BCUT2D eigenvalue weighted by molar-refractivity contribution is -0.219. The maximum Gasteiger partial charge on any atom is 0.326 e. The first-order valence-corrected chi connectivity index (χ1v) is 15.1. The largest absolute Gasteiger partial charge is 0.480 e. The van der Waals surface area contributed by atoms with Crippen LogP contribution in [0.2, 0.25) is 0 Å². The van der Waals surface area contributed by atoms with Crippen LogP contribution in [0.25, 0.3) is 0 Å². The fraction of sp³-hybridized carbons (Fsp3) is 0.515. The van der Waals surface area contributed by atoms with Crippen LogP contribution in [0.1, 0.15) is 30.4 Å². The summed E-state index contributed by atoms with van der Waals surface area (Å²) in [6.45, 7) is 0. The minimum Gasteiger partial charge on any atom is -0.480 e. The normalized spacial score (nSPS) is 38.4. The Balaban J connectivity index is 1.06. The molecule has 5 aliphatic rings. The van der Waals surface area contributed by atoms with E-state index < -0.39 is 47.0 Å². The van der Waals surface area contributed by atoms with Gasteiger partial charge in [0, 0.05) is 12.8 Å². The summed E-state index contributed by atoms with van der Waals surface area (Å²) in [6.07, 6.45) is 0.569. The van der Waals surface area contributed by atoms with Crippen LogP contribution in [-0.2, 0) is 32.0 Å². The van der Waals surface area contributed by atoms with Gasteiger partial charge in [-0.05, 0) is 64.9 Å². The van der Waals surface area contributed by atoms with E-state index in [1.54, 1.807) is 48.5 Å². The summed E-state index contributed by atoms with van der Waals surface area (Å²) in [5.41, 5.74) is -1.23. The number of fused-ring (bicyclic) bond motifs is 2. The average Bonchev–Trinajstić information content (AvgIpc) is 3.47. The summed E-state index contributed by atoms with van der Waals surface area (Å²) in [7, 11) is 0. The number of rotatable bonds is 12. The van der Waals surface area contributed by atoms with Gasteiger partial charge >= 0.3 is 11.9 Å². The molecule has 0 spiro atoms. The highest BCUT2D eigenvalue weighted by atomic mass is 16.4. The van der Waals surface area contributed by atoms with Crippen molar-refractivity contribution in [2.24, 2.45) is 47.3 Å². The van der Waals surface area contributed by atoms with Crippen molar-refractivity contribution in [3.63, 3.8) is 0 Å². The summed E-state index contributed by atoms with van der Waals surface area (Å²) in [6, 6.07) is 15.7. The van der Waals surface area contributed by atoms with E-state index in [0.29, 0.717) is 0 Å². The molecule has 0 aromatic heterocycles. The number of aliphatic carboxylic acids is 2. The molecular weight excluding hydrogens is 552 g/mol. The molecule has 226 valence electrons. The van der Waals surface area contributed by atoms with Gasteiger partial charge in [-0.15, -0.1) is 0 Å². The summed E-state index contributed by atoms with van der Waals surface area (Å²) in [5.74, 6) is -4.20. The van der Waals surface area contributed by atoms with Crippen LogP contribution in [0.4, 0.5) is 0 Å². The molecule has 7 rings (SSSR count). The third kappa shape index (κ3) is 4.13. The number of aliphatic hydroxyl groups is 2. The molecule has 0 unspecified atom stereocenters. The van der Waals surface area contributed by atoms with Crippen molar-refractivity contribution in [2.75, 3.05) is 0 Å². The maximum absolute atomic E-state index is 13.3. The first-order chi connectivity index (χ1) is 20.5. The number of hydrogen-bond donors (Lipinski definition) is 6. The molecule has 5 aliphatic carbocycles. The Kier molecular flexibility index (Phi) is 6.45. The molecule has 6 N–H and O–H groups in total. The van der Waals surface area contributed by atoms with Crippen molar-refractivity contribution in [1.82, 2.24) is 10.6 Å². The second-order valence-corrected chi connectivity index (χ2v) is 13.5. The van der Waals surface area contributed by atoms with Crippen LogP contribution in [0.5, 0.6) is 0 Å². The number of nitrogens with one attached hydrogen (secondary N) is 2. The smallest absolute Gasteiger partial charge is 0.326 e. The Morgan fingerprint density at radius 1 is 0.651 bits per heavy atom. The molecule has 43 heavy (non-hydrogen) atoms. The molecule has 2 amide bonds. The van der Waals surface area contributed by atoms with Gasteiger partial charge in [-0.3, -0.25) is 9.59 Å². The van der Waals surface area contributed by atoms with Crippen LogP contribution in [0.15, 0.2) is 60.7 Å². The van der Waals surface area contributed by atoms with Gasteiger partial charge in [0.15, 0.2) is 0 Å². The van der Waals surface area contributed by atoms with Gasteiger partial charge in [0.05, 0.1) is 24.0 Å². The second-order valence-electron chi connectivity index (χ2n) is 13.5. The Morgan fingerprint density at radius 3 is 1.37 bits per heavy atom. The van der Waals surface area contributed by atoms with Crippen LogP contribution in [-0.4, -0.2) is 67.5 Å². The number of benzene rings is 2. The molecule has 12 atom stereocenters. The average molecular weight is 589 g/mol. The van der Waals surface area contributed by atoms with Crippen LogP contribution in [0, 0.1) is 47.3 Å². The van der Waals surface area contributed by atoms with E-state index in [1.807, 2.05) is 12.1 Å². The summed E-state index contributed by atoms with van der Waals surface area (Å²) < 4.78 is 0. The zero-order valence-electron chi connectivity index (χ0n) is 23.5. The molecule has 2 aromatic rings. The number of carbonyl (C=O) groups excluding carboxylic acids is 2. The molecule has 0 heterocycles. The van der Waals surface area contributed by atoms with E-state index >= 15 is 0 Å². The highest BCUT2D eigenvalue weighted by molar-refractivity contribution is 5.85. The van der Waals surface area contributed by atoms with Crippen molar-refractivity contribution in [1.29, 1.82) is 0 Å². The topological polar surface area (TPSA) is 173 Å². The molecule has 5 saturated carbocycles. The van der Waals surface area contributed by atoms with E-state index in [1.165, 1.54) is 0 Å². The van der Waals surface area contributed by atoms with Crippen molar-refractivity contribution >= 4 is 23.8 Å². The first kappa shape index (κ1) is 28.0. The van der Waals surface area contributed by atoms with Crippen LogP contribution < -0.4 is 10.6 Å². The maximum atomic E-state index is 13.3. The molecule has 2 aromatic carbocycles. The quantitative estimate of drug-likeness (QED) is 0.215. The van der Waals surface area contributed by atoms with Gasteiger partial charge in [0.2, 0.25) is 11.8 Å². The molecule has 10 nitrogen and oxygen atoms in total. The van der Waals surface area contributed by atoms with E-state index in [0.717, 1.165) is 17.5 Å². The predicted molar refractivity (Wildman–Crippen MR) is 151 cm³/mol. The molecule has 5 fully saturated rings. The predicted octanol–water partition coefficient (Wildman–Crippen LogP) is 1.24. The van der Waals surface area contributed by atoms with Crippen molar-refractivity contribution in [3.05, 3.63) is 71.8 Å². The lowest BCUT2D eigenvalue weighted by Gasteiger charge is -2.57. The Labute approximate surface area is 248 Å². The Bertz CT molecular complexity index is 1350. The lowest BCUT2D eigenvalue weighted by atomic mass is 9.50. The van der Waals surface area contributed by atoms with Crippen molar-refractivity contribution in [3.8, 4) is 0 Å². The van der Waals surface area contributed by atoms with E-state index in [9.17, 15) is 39.6 Å². The zero-order valence-corrected chi connectivity index (χ0v) is 23.5. The minimum absolute atomic E-state index is 0.115. The van der Waals surface area contributed by atoms with E-state index in [-0.39, 0.29) is 73.0 Å². The molecule has 0 radical (unpaired) electrons.